The molecule has 0 spiro atoms. The van der Waals surface area contributed by atoms with Gasteiger partial charge in [-0.25, -0.2) is 9.97 Å². The van der Waals surface area contributed by atoms with E-state index in [1.54, 1.807) is 6.20 Å². The van der Waals surface area contributed by atoms with E-state index in [4.69, 9.17) is 0 Å². The molecule has 26 heavy (non-hydrogen) atoms. The molecular formula is C19H22N6S. The fourth-order valence-corrected chi connectivity index (χ4v) is 3.80. The maximum absolute atomic E-state index is 4.64. The van der Waals surface area contributed by atoms with Crippen LogP contribution >= 0.6 is 11.3 Å². The molecule has 1 aromatic carbocycles. The summed E-state index contributed by atoms with van der Waals surface area (Å²) in [6.07, 6.45) is 3.99. The lowest BCUT2D eigenvalue weighted by Gasteiger charge is -2.24. The summed E-state index contributed by atoms with van der Waals surface area (Å²) in [5.41, 5.74) is 3.61. The van der Waals surface area contributed by atoms with Crippen LogP contribution < -0.4 is 10.6 Å². The van der Waals surface area contributed by atoms with Gasteiger partial charge in [-0.1, -0.05) is 23.5 Å². The van der Waals surface area contributed by atoms with Gasteiger partial charge in [0.15, 0.2) is 10.8 Å². The zero-order valence-electron chi connectivity index (χ0n) is 15.0. The van der Waals surface area contributed by atoms with Gasteiger partial charge in [-0.15, -0.1) is 10.2 Å². The van der Waals surface area contributed by atoms with Crippen LogP contribution in [0, 0.1) is 13.8 Å². The highest BCUT2D eigenvalue weighted by Crippen LogP contribution is 2.29. The number of nitrogens with one attached hydrogen (secondary N) is 2. The van der Waals surface area contributed by atoms with Crippen LogP contribution in [0.2, 0.25) is 0 Å². The number of hydrogen-bond donors (Lipinski definition) is 2. The van der Waals surface area contributed by atoms with Crippen LogP contribution in [0.1, 0.15) is 24.0 Å². The van der Waals surface area contributed by atoms with Crippen LogP contribution in [0.5, 0.6) is 0 Å². The fraction of sp³-hybridized carbons (Fsp3) is 0.368. The summed E-state index contributed by atoms with van der Waals surface area (Å²) in [5, 5.41) is 17.2. The van der Waals surface area contributed by atoms with Gasteiger partial charge in [-0.3, -0.25) is 0 Å². The van der Waals surface area contributed by atoms with Crippen LogP contribution in [-0.4, -0.2) is 39.3 Å². The average Bonchev–Trinajstić information content (AvgIpc) is 3.15. The molecule has 1 aliphatic rings. The number of piperidine rings is 1. The Morgan fingerprint density at radius 3 is 2.65 bits per heavy atom. The summed E-state index contributed by atoms with van der Waals surface area (Å²) in [5.74, 6) is 1.47. The lowest BCUT2D eigenvalue weighted by Crippen LogP contribution is -2.35. The molecule has 0 atom stereocenters. The van der Waals surface area contributed by atoms with Gasteiger partial charge < -0.3 is 10.6 Å². The quantitative estimate of drug-likeness (QED) is 0.737. The van der Waals surface area contributed by atoms with Crippen LogP contribution in [0.25, 0.3) is 21.4 Å². The van der Waals surface area contributed by atoms with Crippen molar-refractivity contribution in [1.82, 2.24) is 25.5 Å². The predicted molar refractivity (Wildman–Crippen MR) is 105 cm³/mol. The largest absolute Gasteiger partial charge is 0.367 e. The van der Waals surface area contributed by atoms with Gasteiger partial charge in [0.05, 0.1) is 0 Å². The Balaban J connectivity index is 1.55. The topological polar surface area (TPSA) is 75.6 Å². The third-order valence-corrected chi connectivity index (χ3v) is 5.69. The highest BCUT2D eigenvalue weighted by atomic mass is 32.1. The normalized spacial score (nSPS) is 15.2. The summed E-state index contributed by atoms with van der Waals surface area (Å²) in [7, 11) is 0. The Hall–Kier alpha value is -2.38. The average molecular weight is 366 g/mol. The molecule has 2 aromatic heterocycles. The number of hydrogen-bond acceptors (Lipinski definition) is 7. The molecule has 0 aliphatic carbocycles. The molecule has 1 saturated heterocycles. The van der Waals surface area contributed by atoms with Gasteiger partial charge in [-0.2, -0.15) is 0 Å². The summed E-state index contributed by atoms with van der Waals surface area (Å²) >= 11 is 1.52. The molecule has 7 heteroatoms. The van der Waals surface area contributed by atoms with E-state index in [1.165, 1.54) is 22.5 Å². The van der Waals surface area contributed by atoms with Crippen molar-refractivity contribution in [3.63, 3.8) is 0 Å². The third kappa shape index (κ3) is 3.73. The summed E-state index contributed by atoms with van der Waals surface area (Å²) in [6, 6.07) is 8.72. The van der Waals surface area contributed by atoms with E-state index in [9.17, 15) is 0 Å². The van der Waals surface area contributed by atoms with Crippen molar-refractivity contribution < 1.29 is 0 Å². The molecule has 3 aromatic rings. The van der Waals surface area contributed by atoms with Gasteiger partial charge in [0.2, 0.25) is 0 Å². The van der Waals surface area contributed by atoms with Crippen LogP contribution in [0.4, 0.5) is 5.82 Å². The zero-order valence-corrected chi connectivity index (χ0v) is 15.8. The molecule has 134 valence electrons. The fourth-order valence-electron chi connectivity index (χ4n) is 3.02. The van der Waals surface area contributed by atoms with Crippen molar-refractivity contribution >= 4 is 17.2 Å². The number of rotatable bonds is 4. The molecule has 1 aliphatic heterocycles. The number of aromatic nitrogens is 4. The van der Waals surface area contributed by atoms with Crippen LogP contribution in [0.15, 0.2) is 30.5 Å². The Bertz CT molecular complexity index is 901. The standard InChI is InChI=1S/C19H22N6S/c1-12-3-4-14(11-13(12)2)18-24-25-19(26-18)17-21-10-7-16(23-17)22-15-5-8-20-9-6-15/h3-4,7,10-11,15,20H,5-6,8-9H2,1-2H3,(H,21,22,23). The molecule has 4 rings (SSSR count). The lowest BCUT2D eigenvalue weighted by atomic mass is 10.1. The number of nitrogens with zero attached hydrogens (tertiary/aromatic N) is 4. The highest BCUT2D eigenvalue weighted by Gasteiger charge is 2.15. The first-order chi connectivity index (χ1) is 12.7. The SMILES string of the molecule is Cc1ccc(-c2nnc(-c3nccc(NC4CCNCC4)n3)s2)cc1C. The first-order valence-corrected chi connectivity index (χ1v) is 9.72. The minimum absolute atomic E-state index is 0.458. The van der Waals surface area contributed by atoms with Crippen molar-refractivity contribution in [3.8, 4) is 21.4 Å². The second-order valence-electron chi connectivity index (χ2n) is 6.65. The molecule has 0 amide bonds. The number of benzene rings is 1. The Morgan fingerprint density at radius 1 is 1.04 bits per heavy atom. The van der Waals surface area contributed by atoms with Crippen LogP contribution in [0.3, 0.4) is 0 Å². The van der Waals surface area contributed by atoms with Crippen LogP contribution in [-0.2, 0) is 0 Å². The predicted octanol–water partition coefficient (Wildman–Crippen LogP) is 3.44. The number of aryl methyl sites for hydroxylation is 2. The first kappa shape index (κ1) is 17.1. The van der Waals surface area contributed by atoms with Crippen molar-refractivity contribution in [3.05, 3.63) is 41.6 Å². The van der Waals surface area contributed by atoms with Gasteiger partial charge in [0.1, 0.15) is 10.8 Å². The maximum atomic E-state index is 4.64. The smallest absolute Gasteiger partial charge is 0.192 e. The minimum atomic E-state index is 0.458. The van der Waals surface area contributed by atoms with Gasteiger partial charge in [0.25, 0.3) is 0 Å². The second-order valence-corrected chi connectivity index (χ2v) is 7.62. The summed E-state index contributed by atoms with van der Waals surface area (Å²) in [4.78, 5) is 9.03. The molecular weight excluding hydrogens is 344 g/mol. The number of anilines is 1. The first-order valence-electron chi connectivity index (χ1n) is 8.91. The van der Waals surface area contributed by atoms with E-state index in [1.807, 2.05) is 6.07 Å². The molecule has 2 N–H and O–H groups in total. The van der Waals surface area contributed by atoms with Crippen molar-refractivity contribution in [2.75, 3.05) is 18.4 Å². The molecule has 0 radical (unpaired) electrons. The highest BCUT2D eigenvalue weighted by molar-refractivity contribution is 7.17. The Labute approximate surface area is 157 Å². The van der Waals surface area contributed by atoms with E-state index in [-0.39, 0.29) is 0 Å². The lowest BCUT2D eigenvalue weighted by molar-refractivity contribution is 0.478. The van der Waals surface area contributed by atoms with Gasteiger partial charge >= 0.3 is 0 Å². The van der Waals surface area contributed by atoms with Crippen molar-refractivity contribution in [1.29, 1.82) is 0 Å². The summed E-state index contributed by atoms with van der Waals surface area (Å²) < 4.78 is 0. The molecule has 0 unspecified atom stereocenters. The molecule has 1 fully saturated rings. The minimum Gasteiger partial charge on any atom is -0.367 e. The molecule has 3 heterocycles. The van der Waals surface area contributed by atoms with E-state index in [0.717, 1.165) is 47.3 Å². The Morgan fingerprint density at radius 2 is 1.85 bits per heavy atom. The molecule has 0 saturated carbocycles. The Kier molecular flexibility index (Phi) is 4.90. The maximum Gasteiger partial charge on any atom is 0.192 e. The van der Waals surface area contributed by atoms with Crippen molar-refractivity contribution in [2.45, 2.75) is 32.7 Å². The summed E-state index contributed by atoms with van der Waals surface area (Å²) in [6.45, 7) is 6.32. The third-order valence-electron chi connectivity index (χ3n) is 4.72. The molecule has 0 bridgehead atoms. The second kappa shape index (κ2) is 7.47. The van der Waals surface area contributed by atoms with E-state index in [0.29, 0.717) is 11.9 Å². The zero-order chi connectivity index (χ0) is 17.9. The molecule has 6 nitrogen and oxygen atoms in total. The van der Waals surface area contributed by atoms with E-state index in [2.05, 4.69) is 62.8 Å². The van der Waals surface area contributed by atoms with E-state index < -0.39 is 0 Å². The van der Waals surface area contributed by atoms with E-state index >= 15 is 0 Å². The monoisotopic (exact) mass is 366 g/mol. The van der Waals surface area contributed by atoms with Crippen molar-refractivity contribution in [2.24, 2.45) is 0 Å². The van der Waals surface area contributed by atoms with Gasteiger partial charge in [0, 0.05) is 17.8 Å². The van der Waals surface area contributed by atoms with Gasteiger partial charge in [-0.05, 0) is 63.0 Å².